The van der Waals surface area contributed by atoms with E-state index in [1.165, 1.54) is 0 Å². The first-order valence-corrected chi connectivity index (χ1v) is 7.72. The normalized spacial score (nSPS) is 11.0. The minimum absolute atomic E-state index is 0.573. The van der Waals surface area contributed by atoms with E-state index in [1.807, 2.05) is 48.5 Å². The van der Waals surface area contributed by atoms with Crippen molar-refractivity contribution in [1.82, 2.24) is 5.43 Å². The molecule has 3 aromatic carbocycles. The number of ether oxygens (including phenoxy) is 1. The Morgan fingerprint density at radius 1 is 1.04 bits per heavy atom. The van der Waals surface area contributed by atoms with Crippen LogP contribution in [0.25, 0.3) is 10.8 Å². The molecular formula is C19H17ClN2O. The topological polar surface area (TPSA) is 33.6 Å². The van der Waals surface area contributed by atoms with Crippen LogP contribution < -0.4 is 10.2 Å². The first-order chi connectivity index (χ1) is 11.3. The molecule has 0 unspecified atom stereocenters. The highest BCUT2D eigenvalue weighted by Crippen LogP contribution is 2.26. The zero-order valence-corrected chi connectivity index (χ0v) is 13.5. The summed E-state index contributed by atoms with van der Waals surface area (Å²) in [4.78, 5) is 0. The van der Waals surface area contributed by atoms with E-state index in [1.54, 1.807) is 13.3 Å². The van der Waals surface area contributed by atoms with Crippen LogP contribution in [0.2, 0.25) is 5.02 Å². The lowest BCUT2D eigenvalue weighted by Gasteiger charge is -2.08. The van der Waals surface area contributed by atoms with Crippen molar-refractivity contribution in [2.75, 3.05) is 7.11 Å². The predicted octanol–water partition coefficient (Wildman–Crippen LogP) is 4.63. The van der Waals surface area contributed by atoms with Gasteiger partial charge in [-0.2, -0.15) is 5.10 Å². The summed E-state index contributed by atoms with van der Waals surface area (Å²) in [5.41, 5.74) is 5.00. The van der Waals surface area contributed by atoms with Gasteiger partial charge in [-0.3, -0.25) is 0 Å². The van der Waals surface area contributed by atoms with Gasteiger partial charge in [-0.25, -0.2) is 0 Å². The van der Waals surface area contributed by atoms with Crippen LogP contribution in [0, 0.1) is 0 Å². The molecule has 1 N–H and O–H groups in total. The van der Waals surface area contributed by atoms with Gasteiger partial charge in [0.15, 0.2) is 0 Å². The van der Waals surface area contributed by atoms with Gasteiger partial charge in [-0.1, -0.05) is 60.1 Å². The molecular weight excluding hydrogens is 308 g/mol. The molecule has 0 amide bonds. The summed E-state index contributed by atoms with van der Waals surface area (Å²) in [5, 5.41) is 7.32. The first-order valence-electron chi connectivity index (χ1n) is 7.34. The Kier molecular flexibility index (Phi) is 4.79. The SMILES string of the molecule is COc1ccc2ccccc2c1/C=N\NCc1ccccc1Cl. The Balaban J connectivity index is 1.82. The van der Waals surface area contributed by atoms with E-state index in [0.717, 1.165) is 32.7 Å². The molecule has 3 rings (SSSR count). The van der Waals surface area contributed by atoms with Crippen molar-refractivity contribution in [1.29, 1.82) is 0 Å². The summed E-state index contributed by atoms with van der Waals surface area (Å²) in [5.74, 6) is 0.798. The van der Waals surface area contributed by atoms with E-state index in [-0.39, 0.29) is 0 Å². The zero-order valence-electron chi connectivity index (χ0n) is 12.8. The number of hydrazone groups is 1. The summed E-state index contributed by atoms with van der Waals surface area (Å²) in [6, 6.07) is 19.9. The summed E-state index contributed by atoms with van der Waals surface area (Å²) in [6.45, 7) is 0.573. The van der Waals surface area contributed by atoms with Crippen molar-refractivity contribution in [2.24, 2.45) is 5.10 Å². The number of nitrogens with zero attached hydrogens (tertiary/aromatic N) is 1. The van der Waals surface area contributed by atoms with Gasteiger partial charge < -0.3 is 10.2 Å². The van der Waals surface area contributed by atoms with E-state index in [0.29, 0.717) is 6.54 Å². The lowest BCUT2D eigenvalue weighted by molar-refractivity contribution is 0.415. The number of nitrogens with one attached hydrogen (secondary N) is 1. The first kappa shape index (κ1) is 15.4. The van der Waals surface area contributed by atoms with Crippen LogP contribution in [0.3, 0.4) is 0 Å². The molecule has 0 aliphatic carbocycles. The van der Waals surface area contributed by atoms with Gasteiger partial charge in [-0.05, 0) is 28.5 Å². The molecule has 0 heterocycles. The van der Waals surface area contributed by atoms with Crippen molar-refractivity contribution in [2.45, 2.75) is 6.54 Å². The maximum absolute atomic E-state index is 6.13. The second-order valence-corrected chi connectivity index (χ2v) is 5.49. The number of methoxy groups -OCH3 is 1. The monoisotopic (exact) mass is 324 g/mol. The summed E-state index contributed by atoms with van der Waals surface area (Å²) in [6.07, 6.45) is 1.79. The maximum Gasteiger partial charge on any atom is 0.128 e. The van der Waals surface area contributed by atoms with E-state index in [2.05, 4.69) is 22.7 Å². The number of hydrogen-bond donors (Lipinski definition) is 1. The molecule has 0 radical (unpaired) electrons. The molecule has 0 saturated heterocycles. The largest absolute Gasteiger partial charge is 0.496 e. The summed E-state index contributed by atoms with van der Waals surface area (Å²) in [7, 11) is 1.67. The van der Waals surface area contributed by atoms with Crippen LogP contribution in [0.4, 0.5) is 0 Å². The number of hydrogen-bond acceptors (Lipinski definition) is 3. The Labute approximate surface area is 140 Å². The van der Waals surface area contributed by atoms with E-state index in [9.17, 15) is 0 Å². The number of halogens is 1. The van der Waals surface area contributed by atoms with Gasteiger partial charge in [0.2, 0.25) is 0 Å². The van der Waals surface area contributed by atoms with Gasteiger partial charge >= 0.3 is 0 Å². The average molecular weight is 325 g/mol. The minimum atomic E-state index is 0.573. The lowest BCUT2D eigenvalue weighted by atomic mass is 10.0. The molecule has 3 nitrogen and oxygen atoms in total. The second kappa shape index (κ2) is 7.16. The van der Waals surface area contributed by atoms with Crippen LogP contribution in [0.1, 0.15) is 11.1 Å². The van der Waals surface area contributed by atoms with Crippen molar-refractivity contribution >= 4 is 28.6 Å². The van der Waals surface area contributed by atoms with Gasteiger partial charge in [0.05, 0.1) is 19.9 Å². The van der Waals surface area contributed by atoms with Crippen LogP contribution in [0.15, 0.2) is 65.8 Å². The standard InChI is InChI=1S/C19H17ClN2O/c1-23-19-11-10-14-6-2-4-8-16(14)17(19)13-22-21-12-15-7-3-5-9-18(15)20/h2-11,13,21H,12H2,1H3/b22-13-. The summed E-state index contributed by atoms with van der Waals surface area (Å²) >= 11 is 6.13. The molecule has 23 heavy (non-hydrogen) atoms. The zero-order chi connectivity index (χ0) is 16.1. The Hall–Kier alpha value is -2.52. The molecule has 0 saturated carbocycles. The fourth-order valence-corrected chi connectivity index (χ4v) is 2.67. The van der Waals surface area contributed by atoms with Gasteiger partial charge in [0.1, 0.15) is 5.75 Å². The molecule has 0 spiro atoms. The van der Waals surface area contributed by atoms with Crippen molar-refractivity contribution in [3.8, 4) is 5.75 Å². The molecule has 0 bridgehead atoms. The lowest BCUT2D eigenvalue weighted by Crippen LogP contribution is -2.06. The van der Waals surface area contributed by atoms with Crippen molar-refractivity contribution < 1.29 is 4.74 Å². The van der Waals surface area contributed by atoms with Crippen molar-refractivity contribution in [3.05, 3.63) is 76.8 Å². The fraction of sp³-hybridized carbons (Fsp3) is 0.105. The average Bonchev–Trinajstić information content (AvgIpc) is 2.60. The van der Waals surface area contributed by atoms with E-state index < -0.39 is 0 Å². The highest BCUT2D eigenvalue weighted by molar-refractivity contribution is 6.31. The maximum atomic E-state index is 6.13. The third kappa shape index (κ3) is 3.46. The summed E-state index contributed by atoms with van der Waals surface area (Å²) < 4.78 is 5.45. The fourth-order valence-electron chi connectivity index (χ4n) is 2.47. The molecule has 0 aromatic heterocycles. The number of rotatable bonds is 5. The van der Waals surface area contributed by atoms with Crippen LogP contribution in [-0.4, -0.2) is 13.3 Å². The van der Waals surface area contributed by atoms with E-state index >= 15 is 0 Å². The van der Waals surface area contributed by atoms with Gasteiger partial charge in [-0.15, -0.1) is 0 Å². The van der Waals surface area contributed by atoms with Crippen LogP contribution in [-0.2, 0) is 6.54 Å². The molecule has 116 valence electrons. The van der Waals surface area contributed by atoms with Gasteiger partial charge in [0.25, 0.3) is 0 Å². The Morgan fingerprint density at radius 2 is 1.83 bits per heavy atom. The molecule has 0 fully saturated rings. The molecule has 4 heteroatoms. The second-order valence-electron chi connectivity index (χ2n) is 5.09. The minimum Gasteiger partial charge on any atom is -0.496 e. The number of benzene rings is 3. The van der Waals surface area contributed by atoms with E-state index in [4.69, 9.17) is 16.3 Å². The third-order valence-corrected chi connectivity index (χ3v) is 4.03. The van der Waals surface area contributed by atoms with Crippen LogP contribution in [0.5, 0.6) is 5.75 Å². The molecule has 0 atom stereocenters. The van der Waals surface area contributed by atoms with Gasteiger partial charge in [0, 0.05) is 10.6 Å². The number of fused-ring (bicyclic) bond motifs is 1. The Morgan fingerprint density at radius 3 is 2.65 bits per heavy atom. The predicted molar refractivity (Wildman–Crippen MR) is 96.4 cm³/mol. The third-order valence-electron chi connectivity index (χ3n) is 3.66. The molecule has 0 aliphatic rings. The molecule has 0 aliphatic heterocycles. The van der Waals surface area contributed by atoms with Crippen molar-refractivity contribution in [3.63, 3.8) is 0 Å². The van der Waals surface area contributed by atoms with Crippen LogP contribution >= 0.6 is 11.6 Å². The Bertz CT molecular complexity index is 846. The quantitative estimate of drug-likeness (QED) is 0.548. The smallest absolute Gasteiger partial charge is 0.128 e. The molecule has 3 aromatic rings. The highest BCUT2D eigenvalue weighted by Gasteiger charge is 2.05. The highest BCUT2D eigenvalue weighted by atomic mass is 35.5.